The molecule has 0 fully saturated rings. The third-order valence-electron chi connectivity index (χ3n) is 0.966. The van der Waals surface area contributed by atoms with Gasteiger partial charge in [-0.25, -0.2) is 8.78 Å². The first-order valence-electron chi connectivity index (χ1n) is 2.96. The van der Waals surface area contributed by atoms with E-state index in [1.165, 1.54) is 7.05 Å². The molecule has 66 valence electrons. The molecule has 0 saturated carbocycles. The SMILES string of the molecule is CNC(=S)NCC(F)(F)CO. The monoisotopic (exact) mass is 184 g/mol. The van der Waals surface area contributed by atoms with Crippen molar-refractivity contribution >= 4 is 17.3 Å². The maximum Gasteiger partial charge on any atom is 0.287 e. The molecule has 0 amide bonds. The molecule has 3 nitrogen and oxygen atoms in total. The minimum Gasteiger partial charge on any atom is -0.390 e. The number of aliphatic hydroxyl groups excluding tert-OH is 1. The molecule has 0 heterocycles. The molecule has 0 aromatic heterocycles. The van der Waals surface area contributed by atoms with Crippen LogP contribution in [0.25, 0.3) is 0 Å². The van der Waals surface area contributed by atoms with Gasteiger partial charge in [-0.1, -0.05) is 0 Å². The summed E-state index contributed by atoms with van der Waals surface area (Å²) in [6, 6.07) is 0. The van der Waals surface area contributed by atoms with Crippen LogP contribution in [0.15, 0.2) is 0 Å². The second-order valence-electron chi connectivity index (χ2n) is 1.95. The largest absolute Gasteiger partial charge is 0.390 e. The number of hydrogen-bond donors (Lipinski definition) is 3. The molecule has 3 N–H and O–H groups in total. The Morgan fingerprint density at radius 3 is 2.55 bits per heavy atom. The van der Waals surface area contributed by atoms with Gasteiger partial charge in [0.1, 0.15) is 6.61 Å². The van der Waals surface area contributed by atoms with Crippen LogP contribution < -0.4 is 10.6 Å². The Morgan fingerprint density at radius 1 is 1.64 bits per heavy atom. The molecule has 0 atom stereocenters. The van der Waals surface area contributed by atoms with Crippen LogP contribution in [0.1, 0.15) is 0 Å². The third kappa shape index (κ3) is 4.86. The summed E-state index contributed by atoms with van der Waals surface area (Å²) in [5, 5.41) is 13.0. The molecule has 0 aliphatic rings. The predicted octanol–water partition coefficient (Wildman–Crippen LogP) is -0.292. The number of hydrogen-bond acceptors (Lipinski definition) is 2. The molecule has 0 aromatic rings. The molecule has 0 radical (unpaired) electrons. The minimum absolute atomic E-state index is 0.137. The molecular weight excluding hydrogens is 174 g/mol. The molecule has 0 aliphatic heterocycles. The zero-order chi connectivity index (χ0) is 8.91. The molecule has 6 heteroatoms. The molecule has 0 saturated heterocycles. The van der Waals surface area contributed by atoms with Crippen molar-refractivity contribution in [1.82, 2.24) is 10.6 Å². The van der Waals surface area contributed by atoms with Crippen LogP contribution in [0.3, 0.4) is 0 Å². The molecule has 0 aliphatic carbocycles. The number of rotatable bonds is 3. The number of aliphatic hydroxyl groups is 1. The lowest BCUT2D eigenvalue weighted by atomic mass is 10.3. The van der Waals surface area contributed by atoms with Crippen LogP contribution in [0.4, 0.5) is 8.78 Å². The summed E-state index contributed by atoms with van der Waals surface area (Å²) in [4.78, 5) is 0. The lowest BCUT2D eigenvalue weighted by molar-refractivity contribution is -0.0443. The number of alkyl halides is 2. The Bertz CT molecular complexity index is 142. The van der Waals surface area contributed by atoms with Crippen molar-refractivity contribution in [3.8, 4) is 0 Å². The molecule has 0 bridgehead atoms. The van der Waals surface area contributed by atoms with Crippen LogP contribution in [0, 0.1) is 0 Å². The average molecular weight is 184 g/mol. The maximum atomic E-state index is 12.2. The van der Waals surface area contributed by atoms with Crippen molar-refractivity contribution in [3.05, 3.63) is 0 Å². The topological polar surface area (TPSA) is 44.3 Å². The molecular formula is C5H10F2N2OS. The zero-order valence-corrected chi connectivity index (χ0v) is 6.84. The fourth-order valence-electron chi connectivity index (χ4n) is 0.354. The van der Waals surface area contributed by atoms with E-state index in [1.807, 2.05) is 0 Å². The van der Waals surface area contributed by atoms with Gasteiger partial charge in [0.2, 0.25) is 0 Å². The molecule has 0 aromatic carbocycles. The van der Waals surface area contributed by atoms with Crippen molar-refractivity contribution in [2.24, 2.45) is 0 Å². The first kappa shape index (κ1) is 10.5. The summed E-state index contributed by atoms with van der Waals surface area (Å²) >= 11 is 4.53. The lowest BCUT2D eigenvalue weighted by Crippen LogP contribution is -2.42. The van der Waals surface area contributed by atoms with Gasteiger partial charge in [-0.2, -0.15) is 0 Å². The molecule has 0 rings (SSSR count). The smallest absolute Gasteiger partial charge is 0.287 e. The van der Waals surface area contributed by atoms with Gasteiger partial charge in [0.05, 0.1) is 6.54 Å². The first-order chi connectivity index (χ1) is 5.02. The first-order valence-corrected chi connectivity index (χ1v) is 3.37. The highest BCUT2D eigenvalue weighted by atomic mass is 32.1. The minimum atomic E-state index is -3.11. The van der Waals surface area contributed by atoms with Gasteiger partial charge in [-0.15, -0.1) is 0 Å². The number of thiocarbonyl (C=S) groups is 1. The Hall–Kier alpha value is -0.490. The van der Waals surface area contributed by atoms with E-state index in [4.69, 9.17) is 5.11 Å². The van der Waals surface area contributed by atoms with E-state index in [9.17, 15) is 8.78 Å². The van der Waals surface area contributed by atoms with E-state index in [2.05, 4.69) is 22.9 Å². The normalized spacial score (nSPS) is 10.9. The summed E-state index contributed by atoms with van der Waals surface area (Å²) in [6.45, 7) is -1.82. The summed E-state index contributed by atoms with van der Waals surface area (Å²) in [5.41, 5.74) is 0. The fourth-order valence-corrected chi connectivity index (χ4v) is 0.426. The van der Waals surface area contributed by atoms with Crippen molar-refractivity contribution in [2.75, 3.05) is 20.2 Å². The second kappa shape index (κ2) is 4.40. The van der Waals surface area contributed by atoms with Crippen LogP contribution in [-0.4, -0.2) is 36.3 Å². The molecule has 0 unspecified atom stereocenters. The van der Waals surface area contributed by atoms with Crippen LogP contribution in [-0.2, 0) is 0 Å². The number of halogens is 2. The number of nitrogens with one attached hydrogen (secondary N) is 2. The third-order valence-corrected chi connectivity index (χ3v) is 1.31. The Kier molecular flexibility index (Phi) is 4.20. The zero-order valence-electron chi connectivity index (χ0n) is 6.03. The van der Waals surface area contributed by atoms with E-state index < -0.39 is 19.1 Å². The van der Waals surface area contributed by atoms with Gasteiger partial charge in [0.25, 0.3) is 5.92 Å². The Balaban J connectivity index is 3.61. The molecule has 0 spiro atoms. The average Bonchev–Trinajstić information content (AvgIpc) is 2.00. The predicted molar refractivity (Wildman–Crippen MR) is 41.7 cm³/mol. The van der Waals surface area contributed by atoms with Crippen LogP contribution >= 0.6 is 12.2 Å². The summed E-state index contributed by atoms with van der Waals surface area (Å²) in [6.07, 6.45) is 0. The van der Waals surface area contributed by atoms with Crippen LogP contribution in [0.5, 0.6) is 0 Å². The summed E-state index contributed by atoms with van der Waals surface area (Å²) in [7, 11) is 1.52. The summed E-state index contributed by atoms with van der Waals surface area (Å²) < 4.78 is 24.5. The summed E-state index contributed by atoms with van der Waals surface area (Å²) in [5.74, 6) is -3.11. The van der Waals surface area contributed by atoms with Crippen molar-refractivity contribution < 1.29 is 13.9 Å². The quantitative estimate of drug-likeness (QED) is 0.527. The van der Waals surface area contributed by atoms with Gasteiger partial charge in [-0.3, -0.25) is 0 Å². The van der Waals surface area contributed by atoms with Crippen molar-refractivity contribution in [3.63, 3.8) is 0 Å². The van der Waals surface area contributed by atoms with Crippen molar-refractivity contribution in [2.45, 2.75) is 5.92 Å². The second-order valence-corrected chi connectivity index (χ2v) is 2.35. The van der Waals surface area contributed by atoms with Gasteiger partial charge >= 0.3 is 0 Å². The Morgan fingerprint density at radius 2 is 2.18 bits per heavy atom. The van der Waals surface area contributed by atoms with Gasteiger partial charge < -0.3 is 15.7 Å². The van der Waals surface area contributed by atoms with Crippen LogP contribution in [0.2, 0.25) is 0 Å². The van der Waals surface area contributed by atoms with Gasteiger partial charge in [0.15, 0.2) is 5.11 Å². The van der Waals surface area contributed by atoms with Gasteiger partial charge in [0, 0.05) is 7.05 Å². The van der Waals surface area contributed by atoms with Gasteiger partial charge in [-0.05, 0) is 12.2 Å². The van der Waals surface area contributed by atoms with Crippen molar-refractivity contribution in [1.29, 1.82) is 0 Å². The lowest BCUT2D eigenvalue weighted by Gasteiger charge is -2.14. The maximum absolute atomic E-state index is 12.2. The van der Waals surface area contributed by atoms with E-state index in [1.54, 1.807) is 0 Å². The molecule has 11 heavy (non-hydrogen) atoms. The van der Waals surface area contributed by atoms with E-state index in [0.29, 0.717) is 0 Å². The highest BCUT2D eigenvalue weighted by molar-refractivity contribution is 7.80. The highest BCUT2D eigenvalue weighted by Crippen LogP contribution is 2.09. The fraction of sp³-hybridized carbons (Fsp3) is 0.800. The van der Waals surface area contributed by atoms with E-state index in [-0.39, 0.29) is 5.11 Å². The Labute approximate surface area is 68.8 Å². The highest BCUT2D eigenvalue weighted by Gasteiger charge is 2.27. The van der Waals surface area contributed by atoms with E-state index >= 15 is 0 Å². The standard InChI is InChI=1S/C5H10F2N2OS/c1-8-4(11)9-2-5(6,7)3-10/h10H,2-3H2,1H3,(H2,8,9,11). The van der Waals surface area contributed by atoms with E-state index in [0.717, 1.165) is 0 Å².